The SMILES string of the molecule is Cc1nc(NC(=O)CCNC(=O)C(C)(C)C)n[nH]1. The van der Waals surface area contributed by atoms with Crippen molar-refractivity contribution in [3.8, 4) is 0 Å². The Morgan fingerprint density at radius 1 is 1.33 bits per heavy atom. The summed E-state index contributed by atoms with van der Waals surface area (Å²) in [5, 5.41) is 11.6. The van der Waals surface area contributed by atoms with E-state index >= 15 is 0 Å². The molecule has 0 aromatic carbocycles. The Kier molecular flexibility index (Phi) is 4.41. The van der Waals surface area contributed by atoms with Crippen LogP contribution in [0.5, 0.6) is 0 Å². The fourth-order valence-corrected chi connectivity index (χ4v) is 1.14. The normalized spacial score (nSPS) is 11.1. The van der Waals surface area contributed by atoms with E-state index in [2.05, 4.69) is 25.8 Å². The Balaban J connectivity index is 2.28. The molecule has 1 aromatic heterocycles. The molecule has 0 unspecified atom stereocenters. The number of carbonyl (C=O) groups is 2. The Bertz CT molecular complexity index is 433. The molecule has 7 nitrogen and oxygen atoms in total. The fourth-order valence-electron chi connectivity index (χ4n) is 1.14. The second kappa shape index (κ2) is 5.61. The third kappa shape index (κ3) is 4.52. The van der Waals surface area contributed by atoms with Gasteiger partial charge in [0, 0.05) is 18.4 Å². The first kappa shape index (κ1) is 14.1. The average Bonchev–Trinajstić information content (AvgIpc) is 2.62. The minimum atomic E-state index is -0.447. The molecule has 1 aromatic rings. The number of amides is 2. The van der Waals surface area contributed by atoms with Crippen LogP contribution in [0.15, 0.2) is 0 Å². The molecule has 18 heavy (non-hydrogen) atoms. The van der Waals surface area contributed by atoms with Crippen molar-refractivity contribution < 1.29 is 9.59 Å². The van der Waals surface area contributed by atoms with Gasteiger partial charge < -0.3 is 5.32 Å². The van der Waals surface area contributed by atoms with Gasteiger partial charge in [-0.2, -0.15) is 4.98 Å². The number of rotatable bonds is 4. The van der Waals surface area contributed by atoms with Gasteiger partial charge in [-0.1, -0.05) is 20.8 Å². The van der Waals surface area contributed by atoms with Crippen LogP contribution in [0.1, 0.15) is 33.0 Å². The number of nitrogens with one attached hydrogen (secondary N) is 3. The second-order valence-electron chi connectivity index (χ2n) is 5.05. The summed E-state index contributed by atoms with van der Waals surface area (Å²) in [5.74, 6) is 0.568. The quantitative estimate of drug-likeness (QED) is 0.731. The topological polar surface area (TPSA) is 99.8 Å². The van der Waals surface area contributed by atoms with Crippen LogP contribution in [-0.2, 0) is 9.59 Å². The first-order valence-corrected chi connectivity index (χ1v) is 5.76. The molecule has 100 valence electrons. The van der Waals surface area contributed by atoms with E-state index in [4.69, 9.17) is 0 Å². The molecule has 0 bridgehead atoms. The number of nitrogens with zero attached hydrogens (tertiary/aromatic N) is 2. The molecule has 0 saturated carbocycles. The monoisotopic (exact) mass is 253 g/mol. The van der Waals surface area contributed by atoms with Crippen LogP contribution in [0.3, 0.4) is 0 Å². The van der Waals surface area contributed by atoms with Gasteiger partial charge in [0.05, 0.1) is 0 Å². The molecule has 7 heteroatoms. The highest BCUT2D eigenvalue weighted by Gasteiger charge is 2.20. The molecule has 1 heterocycles. The highest BCUT2D eigenvalue weighted by molar-refractivity contribution is 5.89. The number of carbonyl (C=O) groups excluding carboxylic acids is 2. The minimum Gasteiger partial charge on any atom is -0.355 e. The molecule has 1 rings (SSSR count). The predicted molar refractivity (Wildman–Crippen MR) is 66.8 cm³/mol. The van der Waals surface area contributed by atoms with Crippen molar-refractivity contribution in [1.82, 2.24) is 20.5 Å². The summed E-state index contributed by atoms with van der Waals surface area (Å²) in [6.07, 6.45) is 0.190. The van der Waals surface area contributed by atoms with Gasteiger partial charge in [0.1, 0.15) is 5.82 Å². The molecular formula is C11H19N5O2. The van der Waals surface area contributed by atoms with Crippen molar-refractivity contribution in [3.05, 3.63) is 5.82 Å². The van der Waals surface area contributed by atoms with Crippen molar-refractivity contribution in [3.63, 3.8) is 0 Å². The van der Waals surface area contributed by atoms with Gasteiger partial charge >= 0.3 is 0 Å². The number of hydrogen-bond donors (Lipinski definition) is 3. The lowest BCUT2D eigenvalue weighted by Gasteiger charge is -2.17. The first-order chi connectivity index (χ1) is 8.29. The largest absolute Gasteiger partial charge is 0.355 e. The lowest BCUT2D eigenvalue weighted by molar-refractivity contribution is -0.128. The van der Waals surface area contributed by atoms with Crippen LogP contribution in [0.25, 0.3) is 0 Å². The maximum Gasteiger partial charge on any atom is 0.248 e. The molecule has 0 atom stereocenters. The molecule has 2 amide bonds. The van der Waals surface area contributed by atoms with Crippen molar-refractivity contribution >= 4 is 17.8 Å². The van der Waals surface area contributed by atoms with Gasteiger partial charge in [-0.15, -0.1) is 5.10 Å². The number of anilines is 1. The number of aromatic nitrogens is 3. The van der Waals surface area contributed by atoms with Crippen LogP contribution < -0.4 is 10.6 Å². The minimum absolute atomic E-state index is 0.0796. The lowest BCUT2D eigenvalue weighted by Crippen LogP contribution is -2.36. The van der Waals surface area contributed by atoms with Gasteiger partial charge in [-0.05, 0) is 6.92 Å². The van der Waals surface area contributed by atoms with Crippen LogP contribution in [0, 0.1) is 12.3 Å². The van der Waals surface area contributed by atoms with Crippen molar-refractivity contribution in [1.29, 1.82) is 0 Å². The molecule has 3 N–H and O–H groups in total. The zero-order valence-corrected chi connectivity index (χ0v) is 11.1. The highest BCUT2D eigenvalue weighted by Crippen LogP contribution is 2.12. The lowest BCUT2D eigenvalue weighted by atomic mass is 9.96. The first-order valence-electron chi connectivity index (χ1n) is 5.76. The molecule has 0 radical (unpaired) electrons. The Hall–Kier alpha value is -1.92. The molecule has 0 saturated heterocycles. The van der Waals surface area contributed by atoms with E-state index in [0.717, 1.165) is 0 Å². The molecule has 0 aliphatic heterocycles. The van der Waals surface area contributed by atoms with Crippen molar-refractivity contribution in [2.75, 3.05) is 11.9 Å². The third-order valence-corrected chi connectivity index (χ3v) is 2.17. The molecule has 0 aliphatic carbocycles. The summed E-state index contributed by atoms with van der Waals surface area (Å²) < 4.78 is 0. The number of H-pyrrole nitrogens is 1. The van der Waals surface area contributed by atoms with E-state index < -0.39 is 5.41 Å². The summed E-state index contributed by atoms with van der Waals surface area (Å²) in [7, 11) is 0. The zero-order chi connectivity index (χ0) is 13.8. The second-order valence-corrected chi connectivity index (χ2v) is 5.05. The highest BCUT2D eigenvalue weighted by atomic mass is 16.2. The molecule has 0 spiro atoms. The van der Waals surface area contributed by atoms with E-state index in [1.165, 1.54) is 0 Å². The molecular weight excluding hydrogens is 234 g/mol. The summed E-state index contributed by atoms with van der Waals surface area (Å²) in [6, 6.07) is 0. The van der Waals surface area contributed by atoms with Crippen LogP contribution in [0.4, 0.5) is 5.95 Å². The zero-order valence-electron chi connectivity index (χ0n) is 11.1. The molecule has 0 fully saturated rings. The Morgan fingerprint density at radius 3 is 2.50 bits per heavy atom. The number of aromatic amines is 1. The number of hydrogen-bond acceptors (Lipinski definition) is 4. The van der Waals surface area contributed by atoms with E-state index in [-0.39, 0.29) is 24.2 Å². The maximum atomic E-state index is 11.5. The Labute approximate surface area is 106 Å². The van der Waals surface area contributed by atoms with Crippen molar-refractivity contribution in [2.24, 2.45) is 5.41 Å². The van der Waals surface area contributed by atoms with E-state index in [0.29, 0.717) is 12.4 Å². The summed E-state index contributed by atoms with van der Waals surface area (Å²) in [6.45, 7) is 7.49. The van der Waals surface area contributed by atoms with E-state index in [1.807, 2.05) is 20.8 Å². The maximum absolute atomic E-state index is 11.5. The number of aryl methyl sites for hydroxylation is 1. The van der Waals surface area contributed by atoms with Crippen LogP contribution in [-0.4, -0.2) is 33.5 Å². The van der Waals surface area contributed by atoms with Crippen molar-refractivity contribution in [2.45, 2.75) is 34.1 Å². The van der Waals surface area contributed by atoms with Gasteiger partial charge in [0.2, 0.25) is 17.8 Å². The molecule has 0 aliphatic rings. The summed E-state index contributed by atoms with van der Waals surface area (Å²) in [4.78, 5) is 27.0. The van der Waals surface area contributed by atoms with Gasteiger partial charge in [-0.3, -0.25) is 20.0 Å². The fraction of sp³-hybridized carbons (Fsp3) is 0.636. The predicted octanol–water partition coefficient (Wildman–Crippen LogP) is 0.604. The third-order valence-electron chi connectivity index (χ3n) is 2.17. The van der Waals surface area contributed by atoms with E-state index in [1.54, 1.807) is 6.92 Å². The average molecular weight is 253 g/mol. The van der Waals surface area contributed by atoms with Gasteiger partial charge in [0.15, 0.2) is 0 Å². The van der Waals surface area contributed by atoms with Gasteiger partial charge in [0.25, 0.3) is 0 Å². The standard InChI is InChI=1S/C11H19N5O2/c1-7-13-10(16-15-7)14-8(17)5-6-12-9(18)11(2,3)4/h5-6H2,1-4H3,(H,12,18)(H2,13,14,15,16,17). The summed E-state index contributed by atoms with van der Waals surface area (Å²) in [5.41, 5.74) is -0.447. The summed E-state index contributed by atoms with van der Waals surface area (Å²) >= 11 is 0. The Morgan fingerprint density at radius 2 is 2.00 bits per heavy atom. The van der Waals surface area contributed by atoms with Crippen LogP contribution in [0.2, 0.25) is 0 Å². The smallest absolute Gasteiger partial charge is 0.248 e. The van der Waals surface area contributed by atoms with Crippen LogP contribution >= 0.6 is 0 Å². The van der Waals surface area contributed by atoms with E-state index in [9.17, 15) is 9.59 Å². The van der Waals surface area contributed by atoms with Gasteiger partial charge in [-0.25, -0.2) is 0 Å².